The van der Waals surface area contributed by atoms with Gasteiger partial charge in [0.25, 0.3) is 5.91 Å². The van der Waals surface area contributed by atoms with Crippen LogP contribution in [-0.2, 0) is 44.7 Å². The molecular formula is C54H71ClN10O14. The van der Waals surface area contributed by atoms with Crippen molar-refractivity contribution < 1.29 is 69.2 Å². The number of amides is 7. The Kier molecular flexibility index (Phi) is 19.9. The molecule has 79 heavy (non-hydrogen) atoms. The molecule has 2 saturated carbocycles. The molecular weight excluding hydrogens is 1050 g/mol. The smallest absolute Gasteiger partial charge is 0.329 e. The number of carbonyl (C=O) groups is 8. The van der Waals surface area contributed by atoms with E-state index in [-0.39, 0.29) is 61.8 Å². The lowest BCUT2D eigenvalue weighted by Gasteiger charge is -2.34. The van der Waals surface area contributed by atoms with E-state index in [0.717, 1.165) is 0 Å². The van der Waals surface area contributed by atoms with Gasteiger partial charge >= 0.3 is 5.97 Å². The maximum atomic E-state index is 15.1. The van der Waals surface area contributed by atoms with Crippen LogP contribution in [0.1, 0.15) is 101 Å². The molecule has 2 saturated heterocycles. The summed E-state index contributed by atoms with van der Waals surface area (Å²) in [6, 6.07) is 7.46. The number of hydrogen-bond donors (Lipinski definition) is 11. The van der Waals surface area contributed by atoms with E-state index >= 15 is 9.59 Å². The maximum absolute atomic E-state index is 15.1. The maximum Gasteiger partial charge on any atom is 0.329 e. The van der Waals surface area contributed by atoms with Crippen molar-refractivity contribution >= 4 is 58.9 Å². The summed E-state index contributed by atoms with van der Waals surface area (Å²) in [5.41, 5.74) is 0.774. The zero-order valence-electron chi connectivity index (χ0n) is 44.5. The fraction of sp³-hybridized carbons (Fsp3) is 0.519. The number of fused-ring (bicyclic) bond motifs is 1. The monoisotopic (exact) mass is 1120 g/mol. The van der Waals surface area contributed by atoms with Crippen LogP contribution < -0.4 is 42.4 Å². The zero-order chi connectivity index (χ0) is 57.4. The number of hydroxylamine groups is 4. The Hall–Kier alpha value is -6.93. The third-order valence-electron chi connectivity index (χ3n) is 15.7. The molecule has 25 heteroatoms. The van der Waals surface area contributed by atoms with Gasteiger partial charge in [-0.2, -0.15) is 4.73 Å². The number of ether oxygens (including phenoxy) is 1. The van der Waals surface area contributed by atoms with Gasteiger partial charge in [0.1, 0.15) is 71.3 Å². The summed E-state index contributed by atoms with van der Waals surface area (Å²) in [6.45, 7) is 8.35. The number of benzene rings is 2. The van der Waals surface area contributed by atoms with E-state index < -0.39 is 142 Å². The number of quaternary nitrogens is 2. The van der Waals surface area contributed by atoms with Gasteiger partial charge in [0.2, 0.25) is 35.4 Å². The fourth-order valence-corrected chi connectivity index (χ4v) is 10.7. The van der Waals surface area contributed by atoms with Gasteiger partial charge in [0.15, 0.2) is 0 Å². The Balaban J connectivity index is 1.31. The van der Waals surface area contributed by atoms with E-state index in [1.165, 1.54) is 24.0 Å². The molecule has 7 rings (SSSR count). The predicted molar refractivity (Wildman–Crippen MR) is 281 cm³/mol. The molecule has 3 heterocycles. The Morgan fingerprint density at radius 1 is 0.823 bits per heavy atom. The first-order valence-corrected chi connectivity index (χ1v) is 27.1. The molecule has 11 N–H and O–H groups in total. The third-order valence-corrected chi connectivity index (χ3v) is 15.9. The van der Waals surface area contributed by atoms with Crippen molar-refractivity contribution in [3.8, 4) is 0 Å². The van der Waals surface area contributed by atoms with Gasteiger partial charge in [-0.15, -0.1) is 0 Å². The van der Waals surface area contributed by atoms with Gasteiger partial charge in [0, 0.05) is 43.6 Å². The zero-order valence-corrected chi connectivity index (χ0v) is 45.3. The molecule has 4 aliphatic rings. The van der Waals surface area contributed by atoms with Crippen LogP contribution in [0.25, 0.3) is 0 Å². The Morgan fingerprint density at radius 3 is 2.03 bits per heavy atom. The summed E-state index contributed by atoms with van der Waals surface area (Å²) in [7, 11) is 0. The standard InChI is InChI=1S/C54H71ClN10O14/c1-6-14-32-22-42-54(73)79-30(5)46(61-49(68)38(24-35-26-41(35)65(77)78)57-50(69)39-19-20-43(55)63(39)74)52(71)58-36(21-31-15-10-8-11-16-31)47(66)56-37(23-34-25-40(34)64(75)76)48(67)60-45(29(4)33-17-12-9-13-18-33)51(70)59-44(28(3)7-2)53(72)62(42)27-32/h6,8-20,28-30,32,34-38,40-42,44-46,64-65,74-75,77H,7,21-27H2,1-5H3,(H,56,66)(H,57,69)(H,58,71)(H,59,70)(H,60,67)(H,61,68)/b14-6-/t28-,29+,30+,32-,34+,35+,36-,37+,38-,40+,41+,42-,44?,45-,46+/m0/s1. The van der Waals surface area contributed by atoms with Crippen molar-refractivity contribution in [1.82, 2.24) is 41.5 Å². The van der Waals surface area contributed by atoms with E-state index in [1.54, 1.807) is 87.5 Å². The number of nitrogens with zero attached hydrogens (tertiary/aromatic N) is 2. The van der Waals surface area contributed by atoms with Gasteiger partial charge in [-0.25, -0.2) is 25.7 Å². The number of aromatic nitrogens is 1. The minimum atomic E-state index is -1.89. The molecule has 3 aromatic rings. The van der Waals surface area contributed by atoms with Crippen LogP contribution in [-0.4, -0.2) is 140 Å². The second-order valence-electron chi connectivity index (χ2n) is 21.3. The lowest BCUT2D eigenvalue weighted by Crippen LogP contribution is -3.06. The van der Waals surface area contributed by atoms with Crippen LogP contribution in [0.15, 0.2) is 84.9 Å². The van der Waals surface area contributed by atoms with Crippen LogP contribution in [0.4, 0.5) is 0 Å². The third kappa shape index (κ3) is 14.9. The van der Waals surface area contributed by atoms with Crippen molar-refractivity contribution in [1.29, 1.82) is 0 Å². The molecule has 3 unspecified atom stereocenters. The van der Waals surface area contributed by atoms with E-state index in [0.29, 0.717) is 22.3 Å². The first-order chi connectivity index (χ1) is 37.6. The molecule has 4 fully saturated rings. The largest absolute Gasteiger partial charge is 0.600 e. The van der Waals surface area contributed by atoms with Crippen LogP contribution in [0.2, 0.25) is 5.15 Å². The number of nitrogens with one attached hydrogen (secondary N) is 8. The number of rotatable bonds is 17. The summed E-state index contributed by atoms with van der Waals surface area (Å²) in [5, 5.41) is 67.9. The summed E-state index contributed by atoms with van der Waals surface area (Å²) in [6.07, 6.45) is 2.07. The van der Waals surface area contributed by atoms with Crippen molar-refractivity contribution in [2.75, 3.05) is 6.54 Å². The number of carbonyl (C=O) groups excluding carboxylic acids is 8. The lowest BCUT2D eigenvalue weighted by molar-refractivity contribution is -1.06. The summed E-state index contributed by atoms with van der Waals surface area (Å²) >= 11 is 5.99. The molecule has 0 bridgehead atoms. The predicted octanol–water partition coefficient (Wildman–Crippen LogP) is -0.167. The van der Waals surface area contributed by atoms with E-state index in [1.807, 2.05) is 13.0 Å². The average molecular weight is 1120 g/mol. The fourth-order valence-electron chi connectivity index (χ4n) is 10.5. The second-order valence-corrected chi connectivity index (χ2v) is 21.6. The van der Waals surface area contributed by atoms with Crippen LogP contribution in [0.5, 0.6) is 0 Å². The van der Waals surface area contributed by atoms with E-state index in [2.05, 4.69) is 31.9 Å². The highest BCUT2D eigenvalue weighted by Gasteiger charge is 2.50. The van der Waals surface area contributed by atoms with Crippen LogP contribution in [0, 0.1) is 34.1 Å². The summed E-state index contributed by atoms with van der Waals surface area (Å²) < 4.78 is 6.44. The number of cyclic esters (lactones) is 1. The molecule has 0 radical (unpaired) electrons. The van der Waals surface area contributed by atoms with Crippen molar-refractivity contribution in [2.45, 2.75) is 146 Å². The highest BCUT2D eigenvalue weighted by atomic mass is 35.5. The molecule has 24 nitrogen and oxygen atoms in total. The highest BCUT2D eigenvalue weighted by molar-refractivity contribution is 6.30. The topological polar surface area (TPSA) is 342 Å². The molecule has 7 amide bonds. The van der Waals surface area contributed by atoms with Crippen LogP contribution in [0.3, 0.4) is 0 Å². The van der Waals surface area contributed by atoms with Gasteiger partial charge in [-0.1, -0.05) is 112 Å². The minimum absolute atomic E-state index is 0.0127. The van der Waals surface area contributed by atoms with Gasteiger partial charge < -0.3 is 57.2 Å². The van der Waals surface area contributed by atoms with Crippen molar-refractivity contribution in [3.63, 3.8) is 0 Å². The summed E-state index contributed by atoms with van der Waals surface area (Å²) in [4.78, 5) is 119. The average Bonchev–Trinajstić information content (AvgIpc) is 4.39. The Bertz CT molecular complexity index is 2710. The second kappa shape index (κ2) is 26.4. The molecule has 2 aliphatic heterocycles. The normalized spacial score (nSPS) is 29.9. The summed E-state index contributed by atoms with van der Waals surface area (Å²) in [5.74, 6) is -10.2. The molecule has 17 atom stereocenters. The highest BCUT2D eigenvalue weighted by Crippen LogP contribution is 2.34. The van der Waals surface area contributed by atoms with Crippen molar-refractivity contribution in [2.24, 2.45) is 23.7 Å². The molecule has 2 aromatic carbocycles. The SMILES string of the molecule is C/C=C\[C@H]1C[C@H]2C(=O)O[C@H](C)[C@@H](NC(=O)[C@H](C[C@@H]3C[C@H]3[NH+]([O-])O)NC(=O)c3ccc(Cl)n3O)C(=O)N[C@@H](Cc3ccccc3)C(=O)N[C@H](C[C@@H]3C[C@H]3[NH+]([O-])O)C(=O)N[C@@H]([C@H](C)c3ccccc3)C(=O)NC([C@@H](C)CC)C(=O)N2C1. The van der Waals surface area contributed by atoms with Gasteiger partial charge in [0.05, 0.1) is 0 Å². The molecule has 428 valence electrons. The van der Waals surface area contributed by atoms with Crippen molar-refractivity contribution in [3.05, 3.63) is 117 Å². The number of esters is 1. The number of allylic oxidation sites excluding steroid dienone is 1. The van der Waals surface area contributed by atoms with E-state index in [9.17, 15) is 54.8 Å². The molecule has 0 spiro atoms. The molecule has 2 aliphatic carbocycles. The first-order valence-electron chi connectivity index (χ1n) is 26.7. The van der Waals surface area contributed by atoms with Gasteiger partial charge in [-0.05, 0) is 68.2 Å². The number of hydrogen-bond acceptors (Lipinski definition) is 14. The van der Waals surface area contributed by atoms with E-state index in [4.69, 9.17) is 16.3 Å². The van der Waals surface area contributed by atoms with Gasteiger partial charge in [-0.3, -0.25) is 33.6 Å². The first kappa shape index (κ1) is 59.7. The molecule has 1 aromatic heterocycles. The Morgan fingerprint density at radius 2 is 1.43 bits per heavy atom. The quantitative estimate of drug-likeness (QED) is 0.0362. The lowest BCUT2D eigenvalue weighted by atomic mass is 9.91. The van der Waals surface area contributed by atoms with Crippen LogP contribution >= 0.6 is 11.6 Å². The minimum Gasteiger partial charge on any atom is -0.600 e. The number of halogens is 1. The Labute approximate surface area is 461 Å².